The highest BCUT2D eigenvalue weighted by Crippen LogP contribution is 2.36. The average Bonchev–Trinajstić information content (AvgIpc) is 2.43. The summed E-state index contributed by atoms with van der Waals surface area (Å²) in [5.74, 6) is -1.13. The highest BCUT2D eigenvalue weighted by Gasteiger charge is 2.19. The Labute approximate surface area is 121 Å². The maximum atomic E-state index is 11.6. The second kappa shape index (κ2) is 8.41. The lowest BCUT2D eigenvalue weighted by Crippen LogP contribution is -2.29. The lowest BCUT2D eigenvalue weighted by atomic mass is 10.2. The van der Waals surface area contributed by atoms with Crippen LogP contribution in [0.1, 0.15) is 5.56 Å². The number of rotatable bonds is 8. The predicted molar refractivity (Wildman–Crippen MR) is 75.0 cm³/mol. The molecule has 1 rings (SSSR count). The standard InChI is InChI=1S/C12H17N2O6P/c15-11(16)6-13-8-21(18,19)9-14-12(17)20-7-10-4-2-1-3-5-10/h1-5,13H,6-9H2,(H,14,17)(H,15,16)(H,18,19). The van der Waals surface area contributed by atoms with Crippen molar-refractivity contribution in [2.75, 3.05) is 19.1 Å². The lowest BCUT2D eigenvalue weighted by molar-refractivity contribution is -0.135. The van der Waals surface area contributed by atoms with Gasteiger partial charge in [0.2, 0.25) is 7.37 Å². The number of amides is 1. The number of carboxylic acid groups (broad SMARTS) is 1. The zero-order valence-corrected chi connectivity index (χ0v) is 12.1. The van der Waals surface area contributed by atoms with E-state index >= 15 is 0 Å². The summed E-state index contributed by atoms with van der Waals surface area (Å²) in [6.07, 6.45) is -1.71. The van der Waals surface area contributed by atoms with Crippen molar-refractivity contribution in [2.45, 2.75) is 6.61 Å². The first kappa shape index (κ1) is 17.2. The second-order valence-electron chi connectivity index (χ2n) is 4.22. The summed E-state index contributed by atoms with van der Waals surface area (Å²) in [6.45, 7) is -0.372. The van der Waals surface area contributed by atoms with Crippen LogP contribution >= 0.6 is 7.37 Å². The molecule has 8 nitrogen and oxygen atoms in total. The van der Waals surface area contributed by atoms with E-state index in [0.29, 0.717) is 0 Å². The third-order valence-electron chi connectivity index (χ3n) is 2.32. The quantitative estimate of drug-likeness (QED) is 0.522. The largest absolute Gasteiger partial charge is 0.480 e. The van der Waals surface area contributed by atoms with E-state index in [2.05, 4.69) is 10.6 Å². The summed E-state index contributed by atoms with van der Waals surface area (Å²) in [5.41, 5.74) is 0.794. The molecule has 1 atom stereocenters. The van der Waals surface area contributed by atoms with Gasteiger partial charge in [0.1, 0.15) is 6.61 Å². The van der Waals surface area contributed by atoms with Crippen molar-refractivity contribution in [1.29, 1.82) is 0 Å². The van der Waals surface area contributed by atoms with Crippen molar-refractivity contribution in [2.24, 2.45) is 0 Å². The van der Waals surface area contributed by atoms with Crippen LogP contribution in [0.15, 0.2) is 30.3 Å². The molecule has 0 saturated carbocycles. The third-order valence-corrected chi connectivity index (χ3v) is 3.69. The van der Waals surface area contributed by atoms with E-state index in [1.165, 1.54) is 0 Å². The molecule has 21 heavy (non-hydrogen) atoms. The molecule has 4 N–H and O–H groups in total. The Balaban J connectivity index is 2.25. The Morgan fingerprint density at radius 3 is 2.48 bits per heavy atom. The Bertz CT molecular complexity index is 522. The fraction of sp³-hybridized carbons (Fsp3) is 0.333. The molecule has 0 bridgehead atoms. The summed E-state index contributed by atoms with van der Waals surface area (Å²) in [6, 6.07) is 8.98. The predicted octanol–water partition coefficient (Wildman–Crippen LogP) is 0.772. The van der Waals surface area contributed by atoms with Crippen molar-refractivity contribution in [3.63, 3.8) is 0 Å². The van der Waals surface area contributed by atoms with E-state index in [0.717, 1.165) is 5.56 Å². The van der Waals surface area contributed by atoms with Crippen molar-refractivity contribution in [3.05, 3.63) is 35.9 Å². The Hall–Kier alpha value is -1.89. The van der Waals surface area contributed by atoms with Gasteiger partial charge in [-0.25, -0.2) is 4.79 Å². The van der Waals surface area contributed by atoms with Crippen LogP contribution in [0.2, 0.25) is 0 Å². The third kappa shape index (κ3) is 8.09. The topological polar surface area (TPSA) is 125 Å². The number of benzene rings is 1. The van der Waals surface area contributed by atoms with Crippen molar-refractivity contribution < 1.29 is 28.9 Å². The van der Waals surface area contributed by atoms with Gasteiger partial charge < -0.3 is 20.1 Å². The molecule has 1 aromatic rings. The van der Waals surface area contributed by atoms with Gasteiger partial charge in [-0.1, -0.05) is 30.3 Å². The van der Waals surface area contributed by atoms with Crippen molar-refractivity contribution in [1.82, 2.24) is 10.6 Å². The zero-order chi connectivity index (χ0) is 15.7. The number of carbonyl (C=O) groups excluding carboxylic acids is 1. The molecule has 0 aliphatic heterocycles. The molecule has 0 aromatic heterocycles. The van der Waals surface area contributed by atoms with Crippen LogP contribution in [-0.2, 0) is 20.7 Å². The number of hydrogen-bond acceptors (Lipinski definition) is 5. The summed E-state index contributed by atoms with van der Waals surface area (Å²) < 4.78 is 16.5. The lowest BCUT2D eigenvalue weighted by Gasteiger charge is -2.13. The van der Waals surface area contributed by atoms with Gasteiger partial charge >= 0.3 is 12.1 Å². The van der Waals surface area contributed by atoms with E-state index < -0.39 is 38.5 Å². The zero-order valence-electron chi connectivity index (χ0n) is 11.2. The number of carbonyl (C=O) groups is 2. The van der Waals surface area contributed by atoms with Crippen LogP contribution in [0.4, 0.5) is 4.79 Å². The summed E-state index contributed by atoms with van der Waals surface area (Å²) in [5, 5.41) is 12.9. The molecular formula is C12H17N2O6P. The van der Waals surface area contributed by atoms with Gasteiger partial charge in [-0.3, -0.25) is 14.7 Å². The van der Waals surface area contributed by atoms with Crippen LogP contribution in [0.5, 0.6) is 0 Å². The van der Waals surface area contributed by atoms with Crippen molar-refractivity contribution >= 4 is 19.4 Å². The molecule has 0 heterocycles. The normalized spacial score (nSPS) is 13.2. The van der Waals surface area contributed by atoms with E-state index in [1.807, 2.05) is 6.07 Å². The first-order chi connectivity index (χ1) is 9.89. The van der Waals surface area contributed by atoms with Crippen LogP contribution in [0.3, 0.4) is 0 Å². The number of alkyl carbamates (subject to hydrolysis) is 1. The minimum atomic E-state index is -3.68. The molecule has 0 saturated heterocycles. The van der Waals surface area contributed by atoms with Crippen LogP contribution in [0, 0.1) is 0 Å². The number of nitrogens with one attached hydrogen (secondary N) is 2. The van der Waals surface area contributed by atoms with Gasteiger partial charge in [0.25, 0.3) is 0 Å². The van der Waals surface area contributed by atoms with Gasteiger partial charge in [0, 0.05) is 0 Å². The first-order valence-electron chi connectivity index (χ1n) is 6.07. The van der Waals surface area contributed by atoms with Gasteiger partial charge in [-0.15, -0.1) is 0 Å². The first-order valence-corrected chi connectivity index (χ1v) is 8.10. The molecule has 0 radical (unpaired) electrons. The molecule has 1 aromatic carbocycles. The fourth-order valence-corrected chi connectivity index (χ4v) is 2.30. The smallest absolute Gasteiger partial charge is 0.407 e. The SMILES string of the molecule is O=C(O)CNCP(=O)(O)CNC(=O)OCc1ccccc1. The highest BCUT2D eigenvalue weighted by atomic mass is 31.2. The Morgan fingerprint density at radius 2 is 1.86 bits per heavy atom. The number of aliphatic carboxylic acids is 1. The number of carboxylic acids is 1. The van der Waals surface area contributed by atoms with Crippen molar-refractivity contribution in [3.8, 4) is 0 Å². The van der Waals surface area contributed by atoms with E-state index in [1.54, 1.807) is 24.3 Å². The number of ether oxygens (including phenoxy) is 1. The summed E-state index contributed by atoms with van der Waals surface area (Å²) >= 11 is 0. The summed E-state index contributed by atoms with van der Waals surface area (Å²) in [7, 11) is -3.68. The molecule has 9 heteroatoms. The maximum Gasteiger partial charge on any atom is 0.407 e. The van der Waals surface area contributed by atoms with Crippen LogP contribution < -0.4 is 10.6 Å². The second-order valence-corrected chi connectivity index (χ2v) is 6.55. The molecule has 0 spiro atoms. The Morgan fingerprint density at radius 1 is 1.19 bits per heavy atom. The summed E-state index contributed by atoms with van der Waals surface area (Å²) in [4.78, 5) is 31.1. The molecule has 0 aliphatic rings. The van der Waals surface area contributed by atoms with Crippen LogP contribution in [-0.4, -0.2) is 41.2 Å². The minimum absolute atomic E-state index is 0.0552. The van der Waals surface area contributed by atoms with E-state index in [-0.39, 0.29) is 6.61 Å². The monoisotopic (exact) mass is 316 g/mol. The molecule has 0 fully saturated rings. The average molecular weight is 316 g/mol. The van der Waals surface area contributed by atoms with Crippen LogP contribution in [0.25, 0.3) is 0 Å². The highest BCUT2D eigenvalue weighted by molar-refractivity contribution is 7.57. The van der Waals surface area contributed by atoms with Gasteiger partial charge in [0.05, 0.1) is 19.1 Å². The maximum absolute atomic E-state index is 11.6. The molecular weight excluding hydrogens is 299 g/mol. The van der Waals surface area contributed by atoms with Gasteiger partial charge in [-0.2, -0.15) is 0 Å². The minimum Gasteiger partial charge on any atom is -0.480 e. The van der Waals surface area contributed by atoms with E-state index in [4.69, 9.17) is 9.84 Å². The molecule has 0 aliphatic carbocycles. The number of hydrogen-bond donors (Lipinski definition) is 4. The fourth-order valence-electron chi connectivity index (χ4n) is 1.36. The van der Waals surface area contributed by atoms with Gasteiger partial charge in [0.15, 0.2) is 0 Å². The molecule has 116 valence electrons. The van der Waals surface area contributed by atoms with E-state index in [9.17, 15) is 19.0 Å². The molecule has 1 amide bonds. The van der Waals surface area contributed by atoms with Gasteiger partial charge in [-0.05, 0) is 5.56 Å². The Kier molecular flexibility index (Phi) is 6.87. The molecule has 1 unspecified atom stereocenters.